The highest BCUT2D eigenvalue weighted by molar-refractivity contribution is 7.98. The van der Waals surface area contributed by atoms with Gasteiger partial charge in [0.15, 0.2) is 0 Å². The predicted molar refractivity (Wildman–Crippen MR) is 73.1 cm³/mol. The number of benzene rings is 1. The molecule has 1 aromatic heterocycles. The number of hydrogen-bond acceptors (Lipinski definition) is 3. The molecule has 0 unspecified atom stereocenters. The van der Waals surface area contributed by atoms with Crippen molar-refractivity contribution in [1.82, 2.24) is 9.55 Å². The van der Waals surface area contributed by atoms with E-state index >= 15 is 0 Å². The van der Waals surface area contributed by atoms with E-state index in [-0.39, 0.29) is 0 Å². The van der Waals surface area contributed by atoms with Crippen LogP contribution in [-0.2, 0) is 12.8 Å². The van der Waals surface area contributed by atoms with Gasteiger partial charge in [0, 0.05) is 23.3 Å². The first-order valence-corrected chi connectivity index (χ1v) is 6.53. The van der Waals surface area contributed by atoms with Crippen molar-refractivity contribution in [3.63, 3.8) is 0 Å². The van der Waals surface area contributed by atoms with E-state index in [1.807, 2.05) is 25.1 Å². The molecule has 0 radical (unpaired) electrons. The quantitative estimate of drug-likeness (QED) is 0.670. The maximum atomic E-state index is 5.75. The van der Waals surface area contributed by atoms with Crippen LogP contribution in [0.3, 0.4) is 0 Å². The lowest BCUT2D eigenvalue weighted by Crippen LogP contribution is -1.97. The highest BCUT2D eigenvalue weighted by Gasteiger charge is 2.07. The van der Waals surface area contributed by atoms with Crippen LogP contribution in [0, 0.1) is 13.8 Å². The Labute approximate surface area is 106 Å². The monoisotopic (exact) mass is 247 g/mol. The van der Waals surface area contributed by atoms with E-state index in [4.69, 9.17) is 5.73 Å². The summed E-state index contributed by atoms with van der Waals surface area (Å²) in [6.45, 7) is 4.14. The Hall–Kier alpha value is -1.42. The zero-order chi connectivity index (χ0) is 12.4. The molecule has 0 aliphatic carbocycles. The smallest absolute Gasteiger partial charge is 0.119 e. The number of imidazole rings is 1. The number of aryl methyl sites for hydroxylation is 1. The molecule has 17 heavy (non-hydrogen) atoms. The van der Waals surface area contributed by atoms with Crippen LogP contribution in [0.5, 0.6) is 0 Å². The summed E-state index contributed by atoms with van der Waals surface area (Å²) in [5.74, 6) is 1.97. The third-order valence-electron chi connectivity index (χ3n) is 2.94. The summed E-state index contributed by atoms with van der Waals surface area (Å²) in [4.78, 5) is 5.74. The second kappa shape index (κ2) is 4.84. The molecule has 1 aromatic carbocycles. The van der Waals surface area contributed by atoms with E-state index in [1.165, 1.54) is 10.6 Å². The van der Waals surface area contributed by atoms with E-state index in [2.05, 4.69) is 29.6 Å². The lowest BCUT2D eigenvalue weighted by atomic mass is 10.3. The molecule has 0 aliphatic rings. The fourth-order valence-corrected chi connectivity index (χ4v) is 2.62. The normalized spacial score (nSPS) is 10.8. The first-order chi connectivity index (χ1) is 8.08. The number of thioether (sulfide) groups is 1. The number of nitrogens with zero attached hydrogens (tertiary/aromatic N) is 2. The predicted octanol–water partition coefficient (Wildman–Crippen LogP) is 2.91. The molecule has 0 aliphatic heterocycles. The number of hydrogen-bond donors (Lipinski definition) is 1. The molecule has 4 heteroatoms. The van der Waals surface area contributed by atoms with Gasteiger partial charge in [0.25, 0.3) is 0 Å². The highest BCUT2D eigenvalue weighted by atomic mass is 32.2. The fraction of sp³-hybridized carbons (Fsp3) is 0.308. The zero-order valence-electron chi connectivity index (χ0n) is 10.4. The van der Waals surface area contributed by atoms with Crippen LogP contribution in [0.25, 0.3) is 0 Å². The highest BCUT2D eigenvalue weighted by Crippen LogP contribution is 2.24. The third kappa shape index (κ3) is 2.64. The Morgan fingerprint density at radius 3 is 2.71 bits per heavy atom. The molecule has 3 nitrogen and oxygen atoms in total. The summed E-state index contributed by atoms with van der Waals surface area (Å²) >= 11 is 1.76. The number of nitrogens with two attached hydrogens (primary N) is 1. The van der Waals surface area contributed by atoms with Crippen LogP contribution in [0.2, 0.25) is 0 Å². The van der Waals surface area contributed by atoms with E-state index < -0.39 is 0 Å². The van der Waals surface area contributed by atoms with Crippen molar-refractivity contribution >= 4 is 17.4 Å². The summed E-state index contributed by atoms with van der Waals surface area (Å²) in [5, 5.41) is 0. The van der Waals surface area contributed by atoms with E-state index in [1.54, 1.807) is 11.8 Å². The van der Waals surface area contributed by atoms with E-state index in [9.17, 15) is 0 Å². The molecule has 90 valence electrons. The van der Waals surface area contributed by atoms with Crippen LogP contribution >= 0.6 is 11.8 Å². The molecule has 0 amide bonds. The lowest BCUT2D eigenvalue weighted by Gasteiger charge is -2.04. The van der Waals surface area contributed by atoms with Crippen LogP contribution in [-0.4, -0.2) is 9.55 Å². The van der Waals surface area contributed by atoms with Gasteiger partial charge in [-0.05, 0) is 32.0 Å². The minimum absolute atomic E-state index is 0.808. The average Bonchev–Trinajstić information content (AvgIpc) is 2.54. The summed E-state index contributed by atoms with van der Waals surface area (Å²) < 4.78 is 2.15. The topological polar surface area (TPSA) is 43.8 Å². The standard InChI is InChI=1S/C13H17N3S/c1-9-10(2)16(3)13(15-9)8-17-12-6-4-5-11(14)7-12/h4-7H,8,14H2,1-3H3. The minimum atomic E-state index is 0.808. The minimum Gasteiger partial charge on any atom is -0.399 e. The molecule has 0 spiro atoms. The summed E-state index contributed by atoms with van der Waals surface area (Å²) in [6, 6.07) is 7.95. The van der Waals surface area contributed by atoms with Crippen molar-refractivity contribution in [1.29, 1.82) is 0 Å². The molecule has 2 aromatic rings. The van der Waals surface area contributed by atoms with Gasteiger partial charge in [0.05, 0.1) is 11.4 Å². The van der Waals surface area contributed by atoms with E-state index in [0.717, 1.165) is 23.0 Å². The number of aromatic nitrogens is 2. The lowest BCUT2D eigenvalue weighted by molar-refractivity contribution is 0.819. The van der Waals surface area contributed by atoms with Crippen LogP contribution in [0.1, 0.15) is 17.2 Å². The molecule has 2 rings (SSSR count). The fourth-order valence-electron chi connectivity index (χ4n) is 1.67. The number of nitrogen functional groups attached to an aromatic ring is 1. The summed E-state index contributed by atoms with van der Waals surface area (Å²) in [6.07, 6.45) is 0. The van der Waals surface area contributed by atoms with Crippen LogP contribution in [0.15, 0.2) is 29.2 Å². The Kier molecular flexibility index (Phi) is 3.43. The van der Waals surface area contributed by atoms with Gasteiger partial charge in [-0.15, -0.1) is 11.8 Å². The van der Waals surface area contributed by atoms with E-state index in [0.29, 0.717) is 0 Å². The van der Waals surface area contributed by atoms with Crippen molar-refractivity contribution in [2.24, 2.45) is 7.05 Å². The van der Waals surface area contributed by atoms with Gasteiger partial charge in [-0.2, -0.15) is 0 Å². The average molecular weight is 247 g/mol. The van der Waals surface area contributed by atoms with Gasteiger partial charge < -0.3 is 10.3 Å². The molecule has 0 fully saturated rings. The van der Waals surface area contributed by atoms with Gasteiger partial charge in [-0.25, -0.2) is 4.98 Å². The molecule has 2 N–H and O–H groups in total. The van der Waals surface area contributed by atoms with Gasteiger partial charge in [0.1, 0.15) is 5.82 Å². The maximum absolute atomic E-state index is 5.75. The second-order valence-corrected chi connectivity index (χ2v) is 5.17. The molecular weight excluding hydrogens is 230 g/mol. The van der Waals surface area contributed by atoms with Crippen molar-refractivity contribution in [3.05, 3.63) is 41.5 Å². The Morgan fingerprint density at radius 2 is 2.12 bits per heavy atom. The summed E-state index contributed by atoms with van der Waals surface area (Å²) in [7, 11) is 2.06. The van der Waals surface area contributed by atoms with Crippen molar-refractivity contribution in [2.45, 2.75) is 24.5 Å². The van der Waals surface area contributed by atoms with Crippen LogP contribution in [0.4, 0.5) is 5.69 Å². The van der Waals surface area contributed by atoms with Gasteiger partial charge >= 0.3 is 0 Å². The zero-order valence-corrected chi connectivity index (χ0v) is 11.2. The van der Waals surface area contributed by atoms with Gasteiger partial charge in [-0.3, -0.25) is 0 Å². The molecule has 0 saturated carbocycles. The van der Waals surface area contributed by atoms with Crippen molar-refractivity contribution in [3.8, 4) is 0 Å². The van der Waals surface area contributed by atoms with Crippen molar-refractivity contribution in [2.75, 3.05) is 5.73 Å². The van der Waals surface area contributed by atoms with Gasteiger partial charge in [0.2, 0.25) is 0 Å². The maximum Gasteiger partial charge on any atom is 0.119 e. The first-order valence-electron chi connectivity index (χ1n) is 5.55. The molecule has 0 atom stereocenters. The first kappa shape index (κ1) is 12.0. The largest absolute Gasteiger partial charge is 0.399 e. The van der Waals surface area contributed by atoms with Crippen LogP contribution < -0.4 is 5.73 Å². The Balaban J connectivity index is 2.10. The molecule has 0 bridgehead atoms. The SMILES string of the molecule is Cc1nc(CSc2cccc(N)c2)n(C)c1C. The molecule has 1 heterocycles. The number of anilines is 1. The second-order valence-electron chi connectivity index (χ2n) is 4.12. The molecule has 0 saturated heterocycles. The Bertz CT molecular complexity index is 531. The number of rotatable bonds is 3. The third-order valence-corrected chi connectivity index (χ3v) is 3.93. The molecular formula is C13H17N3S. The Morgan fingerprint density at radius 1 is 1.35 bits per heavy atom. The van der Waals surface area contributed by atoms with Crippen molar-refractivity contribution < 1.29 is 0 Å². The summed E-state index contributed by atoms with van der Waals surface area (Å²) in [5.41, 5.74) is 8.90. The van der Waals surface area contributed by atoms with Gasteiger partial charge in [-0.1, -0.05) is 6.07 Å².